The van der Waals surface area contributed by atoms with Crippen molar-refractivity contribution in [2.45, 2.75) is 6.92 Å². The second-order valence-corrected chi connectivity index (χ2v) is 7.11. The molecule has 2 aromatic heterocycles. The van der Waals surface area contributed by atoms with E-state index in [9.17, 15) is 4.79 Å². The van der Waals surface area contributed by atoms with E-state index < -0.39 is 0 Å². The van der Waals surface area contributed by atoms with Crippen LogP contribution in [0.1, 0.15) is 15.9 Å². The predicted octanol–water partition coefficient (Wildman–Crippen LogP) is 4.94. The molecular weight excluding hydrogens is 418 g/mol. The van der Waals surface area contributed by atoms with Crippen molar-refractivity contribution in [3.63, 3.8) is 0 Å². The third-order valence-electron chi connectivity index (χ3n) is 4.93. The van der Waals surface area contributed by atoms with Gasteiger partial charge in [-0.05, 0) is 48.9 Å². The number of nitrogens with one attached hydrogen (secondary N) is 2. The van der Waals surface area contributed by atoms with Crippen molar-refractivity contribution in [2.24, 2.45) is 0 Å². The van der Waals surface area contributed by atoms with Crippen LogP contribution in [0, 0.1) is 6.92 Å². The van der Waals surface area contributed by atoms with Crippen LogP contribution in [0.25, 0.3) is 11.3 Å². The second-order valence-electron chi connectivity index (χ2n) is 7.11. The standard InChI is InChI=1S/C25H23N5O3/c1-16-10-11-17(29-23(31)19-7-4-5-9-21(19)32-3)15-22(16)33-24-18(8-6-13-27-24)20-12-14-28-25(26-2)30-20/h4-15H,1-3H3,(H,29,31)(H,26,28,30). The van der Waals surface area contributed by atoms with Crippen molar-refractivity contribution in [2.75, 3.05) is 24.8 Å². The molecule has 0 aliphatic heterocycles. The molecule has 166 valence electrons. The van der Waals surface area contributed by atoms with E-state index in [1.807, 2.05) is 37.3 Å². The van der Waals surface area contributed by atoms with E-state index in [2.05, 4.69) is 25.6 Å². The van der Waals surface area contributed by atoms with Gasteiger partial charge in [-0.15, -0.1) is 0 Å². The molecule has 0 saturated carbocycles. The number of carbonyl (C=O) groups excluding carboxylic acids is 1. The summed E-state index contributed by atoms with van der Waals surface area (Å²) in [6.07, 6.45) is 3.33. The minimum Gasteiger partial charge on any atom is -0.496 e. The van der Waals surface area contributed by atoms with Gasteiger partial charge in [0.25, 0.3) is 5.91 Å². The molecule has 8 heteroatoms. The molecule has 0 saturated heterocycles. The van der Waals surface area contributed by atoms with Crippen molar-refractivity contribution in [1.29, 1.82) is 0 Å². The number of methoxy groups -OCH3 is 1. The second kappa shape index (κ2) is 9.78. The molecule has 33 heavy (non-hydrogen) atoms. The van der Waals surface area contributed by atoms with Crippen molar-refractivity contribution in [3.05, 3.63) is 84.2 Å². The number of aromatic nitrogens is 3. The Labute approximate surface area is 191 Å². The van der Waals surface area contributed by atoms with Gasteiger partial charge >= 0.3 is 0 Å². The summed E-state index contributed by atoms with van der Waals surface area (Å²) in [6, 6.07) is 18.0. The summed E-state index contributed by atoms with van der Waals surface area (Å²) >= 11 is 0. The van der Waals surface area contributed by atoms with Crippen LogP contribution in [-0.2, 0) is 0 Å². The van der Waals surface area contributed by atoms with E-state index in [-0.39, 0.29) is 5.91 Å². The Balaban J connectivity index is 1.62. The number of rotatable bonds is 7. The number of nitrogens with zero attached hydrogens (tertiary/aromatic N) is 3. The number of aryl methyl sites for hydroxylation is 1. The molecule has 4 aromatic rings. The lowest BCUT2D eigenvalue weighted by molar-refractivity contribution is 0.102. The summed E-state index contributed by atoms with van der Waals surface area (Å²) in [5, 5.41) is 5.83. The highest BCUT2D eigenvalue weighted by molar-refractivity contribution is 6.06. The Morgan fingerprint density at radius 1 is 0.939 bits per heavy atom. The average Bonchev–Trinajstić information content (AvgIpc) is 2.86. The molecule has 0 aliphatic rings. The highest BCUT2D eigenvalue weighted by Gasteiger charge is 2.15. The third kappa shape index (κ3) is 4.90. The van der Waals surface area contributed by atoms with E-state index in [0.717, 1.165) is 11.1 Å². The van der Waals surface area contributed by atoms with Gasteiger partial charge in [0, 0.05) is 31.2 Å². The molecule has 8 nitrogen and oxygen atoms in total. The highest BCUT2D eigenvalue weighted by atomic mass is 16.5. The van der Waals surface area contributed by atoms with Gasteiger partial charge in [0.2, 0.25) is 11.8 Å². The molecular formula is C25H23N5O3. The van der Waals surface area contributed by atoms with Crippen molar-refractivity contribution >= 4 is 17.5 Å². The van der Waals surface area contributed by atoms with Crippen molar-refractivity contribution in [1.82, 2.24) is 15.0 Å². The molecule has 0 aliphatic carbocycles. The molecule has 4 rings (SSSR count). The maximum Gasteiger partial charge on any atom is 0.259 e. The summed E-state index contributed by atoms with van der Waals surface area (Å²) in [4.78, 5) is 25.8. The van der Waals surface area contributed by atoms with Gasteiger partial charge in [-0.25, -0.2) is 15.0 Å². The number of para-hydroxylation sites is 1. The lowest BCUT2D eigenvalue weighted by Gasteiger charge is -2.14. The zero-order valence-corrected chi connectivity index (χ0v) is 18.5. The molecule has 0 fully saturated rings. The lowest BCUT2D eigenvalue weighted by Crippen LogP contribution is -2.13. The van der Waals surface area contributed by atoms with Gasteiger partial charge in [-0.2, -0.15) is 0 Å². The van der Waals surface area contributed by atoms with Crippen LogP contribution >= 0.6 is 0 Å². The zero-order chi connectivity index (χ0) is 23.2. The summed E-state index contributed by atoms with van der Waals surface area (Å²) < 4.78 is 11.5. The van der Waals surface area contributed by atoms with Crippen LogP contribution in [0.15, 0.2) is 73.1 Å². The van der Waals surface area contributed by atoms with Crippen LogP contribution in [0.2, 0.25) is 0 Å². The first-order valence-electron chi connectivity index (χ1n) is 10.3. The normalized spacial score (nSPS) is 10.4. The minimum absolute atomic E-state index is 0.277. The van der Waals surface area contributed by atoms with Crippen LogP contribution < -0.4 is 20.1 Å². The number of amides is 1. The van der Waals surface area contributed by atoms with Crippen LogP contribution in [0.5, 0.6) is 17.4 Å². The minimum atomic E-state index is -0.277. The van der Waals surface area contributed by atoms with Gasteiger partial charge in [0.05, 0.1) is 23.9 Å². The Bertz CT molecular complexity index is 1290. The Morgan fingerprint density at radius 2 is 1.79 bits per heavy atom. The number of hydrogen-bond acceptors (Lipinski definition) is 7. The first-order chi connectivity index (χ1) is 16.1. The van der Waals surface area contributed by atoms with Crippen LogP contribution in [0.3, 0.4) is 0 Å². The van der Waals surface area contributed by atoms with Crippen LogP contribution in [0.4, 0.5) is 11.6 Å². The number of carbonyl (C=O) groups is 1. The Hall–Kier alpha value is -4.46. The SMILES string of the molecule is CNc1nccc(-c2cccnc2Oc2cc(NC(=O)c3ccccc3OC)ccc2C)n1. The van der Waals surface area contributed by atoms with E-state index in [0.29, 0.717) is 40.3 Å². The Morgan fingerprint density at radius 3 is 2.61 bits per heavy atom. The fourth-order valence-electron chi connectivity index (χ4n) is 3.22. The van der Waals surface area contributed by atoms with Gasteiger partial charge in [0.15, 0.2) is 0 Å². The fraction of sp³-hybridized carbons (Fsp3) is 0.120. The zero-order valence-electron chi connectivity index (χ0n) is 18.5. The summed E-state index contributed by atoms with van der Waals surface area (Å²) in [7, 11) is 3.29. The molecule has 0 atom stereocenters. The van der Waals surface area contributed by atoms with Crippen molar-refractivity contribution in [3.8, 4) is 28.6 Å². The maximum absolute atomic E-state index is 12.8. The summed E-state index contributed by atoms with van der Waals surface area (Å²) in [6.45, 7) is 1.92. The predicted molar refractivity (Wildman–Crippen MR) is 127 cm³/mol. The maximum atomic E-state index is 12.8. The largest absolute Gasteiger partial charge is 0.496 e. The van der Waals surface area contributed by atoms with Gasteiger partial charge < -0.3 is 20.1 Å². The molecule has 0 radical (unpaired) electrons. The molecule has 0 spiro atoms. The molecule has 1 amide bonds. The number of pyridine rings is 1. The fourth-order valence-corrected chi connectivity index (χ4v) is 3.22. The number of anilines is 2. The molecule has 0 unspecified atom stereocenters. The quantitative estimate of drug-likeness (QED) is 0.419. The molecule has 0 bridgehead atoms. The third-order valence-corrected chi connectivity index (χ3v) is 4.93. The van der Waals surface area contributed by atoms with E-state index >= 15 is 0 Å². The Kier molecular flexibility index (Phi) is 6.45. The van der Waals surface area contributed by atoms with E-state index in [1.54, 1.807) is 49.8 Å². The first kappa shape index (κ1) is 21.8. The first-order valence-corrected chi connectivity index (χ1v) is 10.3. The van der Waals surface area contributed by atoms with Gasteiger partial charge in [-0.3, -0.25) is 4.79 Å². The van der Waals surface area contributed by atoms with E-state index in [4.69, 9.17) is 9.47 Å². The van der Waals surface area contributed by atoms with Crippen LogP contribution in [-0.4, -0.2) is 35.0 Å². The number of hydrogen-bond donors (Lipinski definition) is 2. The van der Waals surface area contributed by atoms with Crippen molar-refractivity contribution < 1.29 is 14.3 Å². The molecule has 2 aromatic carbocycles. The smallest absolute Gasteiger partial charge is 0.259 e. The monoisotopic (exact) mass is 441 g/mol. The lowest BCUT2D eigenvalue weighted by atomic mass is 10.1. The molecule has 2 heterocycles. The molecule has 2 N–H and O–H groups in total. The van der Waals surface area contributed by atoms with Gasteiger partial charge in [0.1, 0.15) is 11.5 Å². The number of benzene rings is 2. The van der Waals surface area contributed by atoms with E-state index in [1.165, 1.54) is 7.11 Å². The number of ether oxygens (including phenoxy) is 2. The van der Waals surface area contributed by atoms with Gasteiger partial charge in [-0.1, -0.05) is 18.2 Å². The highest BCUT2D eigenvalue weighted by Crippen LogP contribution is 2.33. The summed E-state index contributed by atoms with van der Waals surface area (Å²) in [5.74, 6) is 1.69. The topological polar surface area (TPSA) is 98.3 Å². The average molecular weight is 441 g/mol. The summed E-state index contributed by atoms with van der Waals surface area (Å²) in [5.41, 5.74) is 3.32.